The molecule has 0 amide bonds. The highest BCUT2D eigenvalue weighted by Crippen LogP contribution is 2.43. The molecule has 2 heterocycles. The number of ether oxygens (including phenoxy) is 1. The van der Waals surface area contributed by atoms with Gasteiger partial charge in [-0.1, -0.05) is 19.3 Å². The van der Waals surface area contributed by atoms with Crippen molar-refractivity contribution < 1.29 is 9.84 Å². The zero-order chi connectivity index (χ0) is 12.4. The zero-order valence-corrected chi connectivity index (χ0v) is 12.1. The van der Waals surface area contributed by atoms with Crippen LogP contribution in [0.15, 0.2) is 0 Å². The predicted octanol–water partition coefficient (Wildman–Crippen LogP) is 3.23. The molecule has 0 aromatic rings. The van der Waals surface area contributed by atoms with Gasteiger partial charge in [-0.2, -0.15) is 11.8 Å². The van der Waals surface area contributed by atoms with Crippen LogP contribution in [0, 0.1) is 11.8 Å². The van der Waals surface area contributed by atoms with E-state index in [0.29, 0.717) is 11.8 Å². The van der Waals surface area contributed by atoms with Crippen molar-refractivity contribution in [3.05, 3.63) is 0 Å². The van der Waals surface area contributed by atoms with Gasteiger partial charge in [-0.3, -0.25) is 0 Å². The van der Waals surface area contributed by atoms with Crippen LogP contribution < -0.4 is 0 Å². The average Bonchev–Trinajstić information content (AvgIpc) is 2.87. The van der Waals surface area contributed by atoms with Gasteiger partial charge < -0.3 is 9.84 Å². The van der Waals surface area contributed by atoms with E-state index in [0.717, 1.165) is 25.2 Å². The number of aliphatic hydroxyl groups excluding tert-OH is 1. The zero-order valence-electron chi connectivity index (χ0n) is 11.3. The van der Waals surface area contributed by atoms with E-state index in [1.54, 1.807) is 0 Å². The van der Waals surface area contributed by atoms with Crippen molar-refractivity contribution in [1.82, 2.24) is 0 Å². The maximum absolute atomic E-state index is 10.7. The fraction of sp³-hybridized carbons (Fsp3) is 1.00. The fourth-order valence-corrected chi connectivity index (χ4v) is 5.46. The summed E-state index contributed by atoms with van der Waals surface area (Å²) in [6, 6.07) is 0. The molecule has 0 aromatic carbocycles. The SMILES string of the molecule is OC(C1CCCCC1)C1CCOC2(CCSC2)C1. The Morgan fingerprint density at radius 3 is 2.67 bits per heavy atom. The highest BCUT2D eigenvalue weighted by Gasteiger charge is 2.43. The van der Waals surface area contributed by atoms with Gasteiger partial charge in [0.25, 0.3) is 0 Å². The van der Waals surface area contributed by atoms with E-state index in [1.165, 1.54) is 44.3 Å². The predicted molar refractivity (Wildman–Crippen MR) is 75.9 cm³/mol. The van der Waals surface area contributed by atoms with Gasteiger partial charge in [-0.15, -0.1) is 0 Å². The molecule has 1 aliphatic carbocycles. The van der Waals surface area contributed by atoms with Crippen molar-refractivity contribution in [3.63, 3.8) is 0 Å². The van der Waals surface area contributed by atoms with Gasteiger partial charge in [-0.05, 0) is 49.7 Å². The van der Waals surface area contributed by atoms with Crippen LogP contribution in [0.3, 0.4) is 0 Å². The smallest absolute Gasteiger partial charge is 0.0783 e. The molecule has 1 spiro atoms. The maximum Gasteiger partial charge on any atom is 0.0783 e. The lowest BCUT2D eigenvalue weighted by Gasteiger charge is -2.42. The Hall–Kier alpha value is 0.270. The normalized spacial score (nSPS) is 40.2. The van der Waals surface area contributed by atoms with Crippen LogP contribution in [-0.2, 0) is 4.74 Å². The number of hydrogen-bond donors (Lipinski definition) is 1. The molecule has 3 heteroatoms. The highest BCUT2D eigenvalue weighted by molar-refractivity contribution is 7.99. The van der Waals surface area contributed by atoms with Crippen LogP contribution in [0.25, 0.3) is 0 Å². The van der Waals surface area contributed by atoms with Crippen molar-refractivity contribution in [3.8, 4) is 0 Å². The van der Waals surface area contributed by atoms with Gasteiger partial charge in [-0.25, -0.2) is 0 Å². The molecule has 2 aliphatic heterocycles. The van der Waals surface area contributed by atoms with Gasteiger partial charge in [0.05, 0.1) is 11.7 Å². The molecule has 3 unspecified atom stereocenters. The molecule has 104 valence electrons. The first-order valence-corrected chi connectivity index (χ1v) is 8.84. The summed E-state index contributed by atoms with van der Waals surface area (Å²) in [5, 5.41) is 10.7. The van der Waals surface area contributed by atoms with E-state index in [-0.39, 0.29) is 11.7 Å². The van der Waals surface area contributed by atoms with Crippen molar-refractivity contribution >= 4 is 11.8 Å². The first-order chi connectivity index (χ1) is 8.79. The summed E-state index contributed by atoms with van der Waals surface area (Å²) in [5.41, 5.74) is 0.128. The van der Waals surface area contributed by atoms with Crippen LogP contribution in [0.1, 0.15) is 51.4 Å². The Morgan fingerprint density at radius 1 is 1.11 bits per heavy atom. The van der Waals surface area contributed by atoms with Gasteiger partial charge in [0, 0.05) is 12.4 Å². The van der Waals surface area contributed by atoms with E-state index in [4.69, 9.17) is 4.74 Å². The lowest BCUT2D eigenvalue weighted by molar-refractivity contribution is -0.111. The van der Waals surface area contributed by atoms with E-state index in [9.17, 15) is 5.11 Å². The Bertz CT molecular complexity index is 270. The van der Waals surface area contributed by atoms with E-state index >= 15 is 0 Å². The first-order valence-electron chi connectivity index (χ1n) is 7.69. The Morgan fingerprint density at radius 2 is 1.94 bits per heavy atom. The molecule has 0 aromatic heterocycles. The summed E-state index contributed by atoms with van der Waals surface area (Å²) >= 11 is 2.02. The monoisotopic (exact) mass is 270 g/mol. The second-order valence-corrected chi connectivity index (χ2v) is 7.58. The number of aliphatic hydroxyl groups is 1. The van der Waals surface area contributed by atoms with Crippen LogP contribution in [0.4, 0.5) is 0 Å². The molecule has 18 heavy (non-hydrogen) atoms. The van der Waals surface area contributed by atoms with Gasteiger partial charge in [0.1, 0.15) is 0 Å². The molecule has 1 saturated carbocycles. The molecular formula is C15H26O2S. The van der Waals surface area contributed by atoms with Gasteiger partial charge in [0.15, 0.2) is 0 Å². The van der Waals surface area contributed by atoms with Crippen LogP contribution in [0.2, 0.25) is 0 Å². The van der Waals surface area contributed by atoms with E-state index < -0.39 is 0 Å². The topological polar surface area (TPSA) is 29.5 Å². The summed E-state index contributed by atoms with van der Waals surface area (Å²) < 4.78 is 6.06. The maximum atomic E-state index is 10.7. The third-order valence-corrected chi connectivity index (χ3v) is 6.44. The molecule has 3 aliphatic rings. The van der Waals surface area contributed by atoms with E-state index in [2.05, 4.69) is 0 Å². The van der Waals surface area contributed by atoms with Crippen LogP contribution in [0.5, 0.6) is 0 Å². The summed E-state index contributed by atoms with van der Waals surface area (Å²) in [7, 11) is 0. The molecular weight excluding hydrogens is 244 g/mol. The third kappa shape index (κ3) is 2.73. The molecule has 3 fully saturated rings. The van der Waals surface area contributed by atoms with E-state index in [1.807, 2.05) is 11.8 Å². The molecule has 2 nitrogen and oxygen atoms in total. The molecule has 1 N–H and O–H groups in total. The lowest BCUT2D eigenvalue weighted by atomic mass is 9.74. The minimum absolute atomic E-state index is 0.0586. The van der Waals surface area contributed by atoms with Gasteiger partial charge in [0.2, 0.25) is 0 Å². The standard InChI is InChI=1S/C15H26O2S/c16-14(12-4-2-1-3-5-12)13-6-8-17-15(10-13)7-9-18-11-15/h12-14,16H,1-11H2. The fourth-order valence-electron chi connectivity index (χ4n) is 4.08. The highest BCUT2D eigenvalue weighted by atomic mass is 32.2. The van der Waals surface area contributed by atoms with Crippen molar-refractivity contribution in [1.29, 1.82) is 0 Å². The second kappa shape index (κ2) is 5.72. The summed E-state index contributed by atoms with van der Waals surface area (Å²) in [5.74, 6) is 3.47. The molecule has 3 atom stereocenters. The van der Waals surface area contributed by atoms with Gasteiger partial charge >= 0.3 is 0 Å². The minimum atomic E-state index is -0.0586. The van der Waals surface area contributed by atoms with Crippen LogP contribution >= 0.6 is 11.8 Å². The molecule has 2 saturated heterocycles. The Labute approximate surface area is 115 Å². The molecule has 3 rings (SSSR count). The number of hydrogen-bond acceptors (Lipinski definition) is 3. The quantitative estimate of drug-likeness (QED) is 0.835. The van der Waals surface area contributed by atoms with Crippen molar-refractivity contribution in [2.45, 2.75) is 63.1 Å². The first kappa shape index (κ1) is 13.3. The second-order valence-electron chi connectivity index (χ2n) is 6.48. The lowest BCUT2D eigenvalue weighted by Crippen LogP contribution is -2.45. The summed E-state index contributed by atoms with van der Waals surface area (Å²) in [6.45, 7) is 0.870. The Kier molecular flexibility index (Phi) is 4.21. The number of rotatable bonds is 2. The van der Waals surface area contributed by atoms with Crippen molar-refractivity contribution in [2.75, 3.05) is 18.1 Å². The Balaban J connectivity index is 1.60. The third-order valence-electron chi connectivity index (χ3n) is 5.21. The molecule has 0 bridgehead atoms. The summed E-state index contributed by atoms with van der Waals surface area (Å²) in [4.78, 5) is 0. The van der Waals surface area contributed by atoms with Crippen molar-refractivity contribution in [2.24, 2.45) is 11.8 Å². The van der Waals surface area contributed by atoms with Crippen LogP contribution in [-0.4, -0.2) is 34.9 Å². The summed E-state index contributed by atoms with van der Waals surface area (Å²) in [6.07, 6.45) is 9.85. The average molecular weight is 270 g/mol. The largest absolute Gasteiger partial charge is 0.393 e. The molecule has 0 radical (unpaired) electrons. The number of thioether (sulfide) groups is 1. The minimum Gasteiger partial charge on any atom is -0.393 e.